The van der Waals surface area contributed by atoms with Crippen molar-refractivity contribution < 1.29 is 18.7 Å². The Hall–Kier alpha value is -1.76. The van der Waals surface area contributed by atoms with Crippen LogP contribution < -0.4 is 4.90 Å². The zero-order chi connectivity index (χ0) is 18.3. The number of amides is 1. The van der Waals surface area contributed by atoms with Crippen LogP contribution in [0.2, 0.25) is 0 Å². The van der Waals surface area contributed by atoms with Crippen molar-refractivity contribution in [1.82, 2.24) is 9.88 Å². The molecule has 1 spiro atoms. The molecular formula is C19H25F2N3O2. The number of carbonyl (C=O) groups is 1. The average Bonchev–Trinajstić information content (AvgIpc) is 2.92. The van der Waals surface area contributed by atoms with Gasteiger partial charge in [0.05, 0.1) is 17.7 Å². The van der Waals surface area contributed by atoms with Crippen molar-refractivity contribution in [1.29, 1.82) is 0 Å². The van der Waals surface area contributed by atoms with Gasteiger partial charge in [0.1, 0.15) is 5.82 Å². The van der Waals surface area contributed by atoms with Crippen molar-refractivity contribution in [3.8, 4) is 0 Å². The molecular weight excluding hydrogens is 340 g/mol. The van der Waals surface area contributed by atoms with Gasteiger partial charge in [-0.25, -0.2) is 13.8 Å². The first-order valence-electron chi connectivity index (χ1n) is 9.54. The van der Waals surface area contributed by atoms with Gasteiger partial charge in [-0.1, -0.05) is 0 Å². The minimum atomic E-state index is -0.694. The molecule has 7 heteroatoms. The minimum absolute atomic E-state index is 0.137. The average molecular weight is 365 g/mol. The number of hydrogen-bond acceptors (Lipinski definition) is 4. The summed E-state index contributed by atoms with van der Waals surface area (Å²) < 4.78 is 27.3. The van der Waals surface area contributed by atoms with Crippen LogP contribution in [0, 0.1) is 17.0 Å². The quantitative estimate of drug-likeness (QED) is 0.875. The van der Waals surface area contributed by atoms with Crippen molar-refractivity contribution in [2.24, 2.45) is 5.41 Å². The molecule has 2 saturated heterocycles. The highest BCUT2D eigenvalue weighted by Crippen LogP contribution is 2.43. The maximum Gasteiger partial charge on any atom is 0.230 e. The molecule has 5 nitrogen and oxygen atoms in total. The molecule has 1 N–H and O–H groups in total. The van der Waals surface area contributed by atoms with E-state index in [0.29, 0.717) is 13.1 Å². The number of piperidine rings is 1. The highest BCUT2D eigenvalue weighted by molar-refractivity contribution is 5.86. The van der Waals surface area contributed by atoms with Gasteiger partial charge in [0, 0.05) is 31.7 Å². The largest absolute Gasteiger partial charge is 0.393 e. The van der Waals surface area contributed by atoms with E-state index in [1.54, 1.807) is 4.90 Å². The molecule has 3 heterocycles. The maximum absolute atomic E-state index is 14.1. The molecule has 2 aliphatic heterocycles. The number of pyridine rings is 1. The predicted octanol–water partition coefficient (Wildman–Crippen LogP) is 2.48. The highest BCUT2D eigenvalue weighted by Gasteiger charge is 2.51. The van der Waals surface area contributed by atoms with Crippen molar-refractivity contribution in [2.45, 2.75) is 57.1 Å². The van der Waals surface area contributed by atoms with Crippen LogP contribution in [-0.4, -0.2) is 52.7 Å². The first-order chi connectivity index (χ1) is 12.5. The van der Waals surface area contributed by atoms with Gasteiger partial charge in [-0.3, -0.25) is 4.79 Å². The van der Waals surface area contributed by atoms with Crippen molar-refractivity contribution in [2.75, 3.05) is 24.5 Å². The summed E-state index contributed by atoms with van der Waals surface area (Å²) in [5.41, 5.74) is -0.489. The Morgan fingerprint density at radius 1 is 1.15 bits per heavy atom. The second-order valence-corrected chi connectivity index (χ2v) is 7.98. The molecule has 1 atom stereocenters. The predicted molar refractivity (Wildman–Crippen MR) is 92.6 cm³/mol. The Labute approximate surface area is 152 Å². The van der Waals surface area contributed by atoms with Gasteiger partial charge in [0.2, 0.25) is 5.91 Å². The first-order valence-corrected chi connectivity index (χ1v) is 9.54. The molecule has 1 aromatic rings. The summed E-state index contributed by atoms with van der Waals surface area (Å²) in [4.78, 5) is 20.9. The number of carbonyl (C=O) groups excluding carboxylic acids is 1. The fourth-order valence-electron chi connectivity index (χ4n) is 4.90. The number of anilines is 1. The van der Waals surface area contributed by atoms with Crippen molar-refractivity contribution in [3.05, 3.63) is 23.9 Å². The second kappa shape index (κ2) is 6.76. The number of hydrogen-bond donors (Lipinski definition) is 1. The van der Waals surface area contributed by atoms with Gasteiger partial charge in [0.15, 0.2) is 11.6 Å². The highest BCUT2D eigenvalue weighted by atomic mass is 19.1. The number of halogens is 2. The van der Waals surface area contributed by atoms with Crippen LogP contribution in [0.3, 0.4) is 0 Å². The van der Waals surface area contributed by atoms with Crippen LogP contribution >= 0.6 is 0 Å². The lowest BCUT2D eigenvalue weighted by molar-refractivity contribution is -0.139. The van der Waals surface area contributed by atoms with Crippen LogP contribution in [0.1, 0.15) is 44.9 Å². The van der Waals surface area contributed by atoms with Crippen molar-refractivity contribution >= 4 is 11.7 Å². The molecule has 142 valence electrons. The lowest BCUT2D eigenvalue weighted by atomic mass is 9.78. The van der Waals surface area contributed by atoms with Gasteiger partial charge in [-0.2, -0.15) is 0 Å². The fourth-order valence-corrected chi connectivity index (χ4v) is 4.90. The fraction of sp³-hybridized carbons (Fsp3) is 0.684. The normalized spacial score (nSPS) is 32.5. The summed E-state index contributed by atoms with van der Waals surface area (Å²) in [5.74, 6) is -1.07. The zero-order valence-electron chi connectivity index (χ0n) is 14.8. The number of nitrogens with zero attached hydrogens (tertiary/aromatic N) is 3. The Kier molecular flexibility index (Phi) is 4.59. The SMILES string of the molecule is O=C1N([C@H]2CC[C@@H](O)CC2)CC[C@@]12CCCN(c1ncc(F)cc1F)C2. The molecule has 4 rings (SSSR count). The third-order valence-electron chi connectivity index (χ3n) is 6.32. The zero-order valence-corrected chi connectivity index (χ0v) is 14.8. The van der Waals surface area contributed by atoms with Gasteiger partial charge in [-0.15, -0.1) is 0 Å². The minimum Gasteiger partial charge on any atom is -0.393 e. The van der Waals surface area contributed by atoms with Gasteiger partial charge < -0.3 is 14.9 Å². The number of likely N-dealkylation sites (tertiary alicyclic amines) is 1. The van der Waals surface area contributed by atoms with E-state index < -0.39 is 17.0 Å². The van der Waals surface area contributed by atoms with E-state index in [0.717, 1.165) is 63.8 Å². The Morgan fingerprint density at radius 3 is 2.65 bits per heavy atom. The van der Waals surface area contributed by atoms with E-state index in [9.17, 15) is 18.7 Å². The third kappa shape index (κ3) is 3.06. The van der Waals surface area contributed by atoms with E-state index in [4.69, 9.17) is 0 Å². The molecule has 0 radical (unpaired) electrons. The summed E-state index contributed by atoms with van der Waals surface area (Å²) >= 11 is 0. The van der Waals surface area contributed by atoms with E-state index in [1.807, 2.05) is 4.90 Å². The number of aromatic nitrogens is 1. The van der Waals surface area contributed by atoms with Gasteiger partial charge in [-0.05, 0) is 44.9 Å². The number of aliphatic hydroxyl groups is 1. The monoisotopic (exact) mass is 365 g/mol. The molecule has 3 aliphatic rings. The smallest absolute Gasteiger partial charge is 0.230 e. The molecule has 1 saturated carbocycles. The molecule has 0 bridgehead atoms. The Morgan fingerprint density at radius 2 is 1.92 bits per heavy atom. The van der Waals surface area contributed by atoms with E-state index in [1.165, 1.54) is 0 Å². The van der Waals surface area contributed by atoms with Crippen LogP contribution in [-0.2, 0) is 4.79 Å². The number of rotatable bonds is 2. The van der Waals surface area contributed by atoms with Gasteiger partial charge in [0.25, 0.3) is 0 Å². The van der Waals surface area contributed by atoms with Crippen LogP contribution in [0.15, 0.2) is 12.3 Å². The third-order valence-corrected chi connectivity index (χ3v) is 6.32. The summed E-state index contributed by atoms with van der Waals surface area (Å²) in [6.45, 7) is 1.79. The molecule has 0 unspecified atom stereocenters. The summed E-state index contributed by atoms with van der Waals surface area (Å²) in [6.07, 6.45) is 6.34. The van der Waals surface area contributed by atoms with Crippen molar-refractivity contribution in [3.63, 3.8) is 0 Å². The Balaban J connectivity index is 1.50. The molecule has 1 aromatic heterocycles. The maximum atomic E-state index is 14.1. The molecule has 1 amide bonds. The first kappa shape index (κ1) is 17.6. The second-order valence-electron chi connectivity index (χ2n) is 7.98. The molecule has 3 fully saturated rings. The topological polar surface area (TPSA) is 56.7 Å². The molecule has 1 aliphatic carbocycles. The van der Waals surface area contributed by atoms with Crippen LogP contribution in [0.5, 0.6) is 0 Å². The van der Waals surface area contributed by atoms with Crippen LogP contribution in [0.25, 0.3) is 0 Å². The van der Waals surface area contributed by atoms with E-state index in [-0.39, 0.29) is 23.9 Å². The standard InChI is InChI=1S/C19H25F2N3O2/c20-13-10-16(21)17(22-11-13)23-8-1-6-19(12-23)7-9-24(18(19)26)14-2-4-15(25)5-3-14/h10-11,14-15,25H,1-9,12H2/t14-,15+,19-/m1/s1. The molecule has 0 aromatic carbocycles. The lowest BCUT2D eigenvalue weighted by Crippen LogP contribution is -2.50. The van der Waals surface area contributed by atoms with E-state index >= 15 is 0 Å². The molecule has 26 heavy (non-hydrogen) atoms. The summed E-state index contributed by atoms with van der Waals surface area (Å²) in [6, 6.07) is 1.06. The van der Waals surface area contributed by atoms with E-state index in [2.05, 4.69) is 4.98 Å². The number of aliphatic hydroxyl groups excluding tert-OH is 1. The van der Waals surface area contributed by atoms with Gasteiger partial charge >= 0.3 is 0 Å². The summed E-state index contributed by atoms with van der Waals surface area (Å²) in [5, 5.41) is 9.70. The Bertz CT molecular complexity index is 693. The lowest BCUT2D eigenvalue weighted by Gasteiger charge is -2.41. The summed E-state index contributed by atoms with van der Waals surface area (Å²) in [7, 11) is 0. The van der Waals surface area contributed by atoms with Crippen LogP contribution in [0.4, 0.5) is 14.6 Å².